The molecule has 20 aliphatic rings. The molecule has 654 valence electrons. The Morgan fingerprint density at radius 1 is 0.426 bits per heavy atom. The highest BCUT2D eigenvalue weighted by molar-refractivity contribution is 8.13. The number of hydrogen-bond donors (Lipinski definition) is 3. The number of aryl methyl sites for hydroxylation is 2. The fraction of sp³-hybridized carbons (Fsp3) is 0.855. The Kier molecular flexibility index (Phi) is 27.6. The summed E-state index contributed by atoms with van der Waals surface area (Å²) < 4.78 is 142. The molecule has 4 aliphatic carbocycles. The van der Waals surface area contributed by atoms with E-state index >= 15 is 0 Å². The molecule has 28 nitrogen and oxygen atoms in total. The van der Waals surface area contributed by atoms with Crippen molar-refractivity contribution in [3.05, 3.63) is 59.7 Å². The number of fused-ring (bicyclic) bond motifs is 8. The van der Waals surface area contributed by atoms with Crippen molar-refractivity contribution in [2.75, 3.05) is 59.9 Å². The average molecular weight is 1690 g/mol. The van der Waals surface area contributed by atoms with Gasteiger partial charge in [0.25, 0.3) is 19.2 Å². The van der Waals surface area contributed by atoms with Crippen molar-refractivity contribution in [2.45, 2.75) is 305 Å². The molecule has 0 aromatic heterocycles. The number of hydrogen-bond acceptors (Lipinski definition) is 28. The molecule has 20 fully saturated rings. The summed E-state index contributed by atoms with van der Waals surface area (Å²) in [5.41, 5.74) is -0.306. The maximum absolute atomic E-state index is 12.4. The van der Waals surface area contributed by atoms with Gasteiger partial charge >= 0.3 is 0 Å². The standard InChI is InChI=1S/C34H55NO10.C24H34O8S.C17H28O6.C7H7ClO2S.CH3F.H3N/c1-19-7-9-25-21(3)27(38-29-33(25)23(19)11-13-31(5,40-29)42-44-33)36-17-15-35-16-18-37-28-22(4)26-10-8-20(2)24-12-14-32(6)41-30(39-28)34(24,26)45-43-32;1-15-5-8-18(9-6-15)33(25,26)28-14-13-27-21-17(3)20-10-7-16(2)19-11-12-23(4)30-22(29-21)24(19,20)32-31-23;1-10-4-5-13-11(2)14(19-9-8-18)20-15-17(13)12(10)6-7-16(3,21-15)22-23-17;1-6-2-4-7(5-3-6)11(8,9)10;1-2;/h19-30,35H,7-18H2,1-6H3;5-6,8-9,16-17,19-22H,7,10-14H2,1-4H3;10-15,18H,4-9H2,1-3H3;2-5H,1H3;1H3;1H3/t19-,20-,21-,22-,23?,24?,25?,26?,27+,28+,29-,30-,31-,32-,33-,34-;16-,17-,19?,20?,21+,22-,23-,24-;10-,11-,12?,13?,14+,15-,16-,17-;;;/m111.../s1/i;;;;1D;. The van der Waals surface area contributed by atoms with E-state index in [1.807, 2.05) is 41.5 Å². The van der Waals surface area contributed by atoms with E-state index in [9.17, 15) is 21.2 Å². The zero-order chi connectivity index (χ0) is 82.1. The predicted molar refractivity (Wildman–Crippen MR) is 412 cm³/mol. The third-order valence-electron chi connectivity index (χ3n) is 29.1. The lowest BCUT2D eigenvalue weighted by Gasteiger charge is -2.60. The van der Waals surface area contributed by atoms with Crippen LogP contribution in [0.4, 0.5) is 4.39 Å². The van der Waals surface area contributed by atoms with E-state index in [4.69, 9.17) is 117 Å². The molecule has 4 spiro atoms. The molecule has 16 heterocycles. The fourth-order valence-corrected chi connectivity index (χ4v) is 24.5. The van der Waals surface area contributed by atoms with Gasteiger partial charge in [0.2, 0.25) is 23.1 Å². The van der Waals surface area contributed by atoms with Gasteiger partial charge in [0.05, 0.1) is 58.0 Å². The van der Waals surface area contributed by atoms with Gasteiger partial charge in [-0.2, -0.15) is 8.42 Å². The van der Waals surface area contributed by atoms with Gasteiger partial charge in [-0.05, 0) is 190 Å². The molecule has 8 unspecified atom stereocenters. The summed E-state index contributed by atoms with van der Waals surface area (Å²) in [4.78, 5) is 48.4. The molecule has 16 aliphatic heterocycles. The van der Waals surface area contributed by atoms with Crippen molar-refractivity contribution in [3.8, 4) is 0 Å². The fourth-order valence-electron chi connectivity index (χ4n) is 22.8. The van der Waals surface area contributed by atoms with E-state index in [2.05, 4.69) is 60.7 Å². The van der Waals surface area contributed by atoms with Crippen LogP contribution in [0, 0.1) is 109 Å². The van der Waals surface area contributed by atoms with Crippen LogP contribution in [-0.2, 0) is 119 Å². The number of aliphatic hydroxyl groups is 1. The van der Waals surface area contributed by atoms with Gasteiger partial charge in [-0.3, -0.25) is 8.57 Å². The molecule has 16 saturated heterocycles. The van der Waals surface area contributed by atoms with E-state index in [-0.39, 0.29) is 115 Å². The highest BCUT2D eigenvalue weighted by atomic mass is 35.7. The molecular formula is C83H130ClFN2O26S2. The highest BCUT2D eigenvalue weighted by Gasteiger charge is 2.74. The second-order valence-corrected chi connectivity index (χ2v) is 40.6. The zero-order valence-electron chi connectivity index (χ0n) is 70.6. The van der Waals surface area contributed by atoms with Crippen molar-refractivity contribution in [2.24, 2.45) is 94.7 Å². The molecule has 0 amide bonds. The van der Waals surface area contributed by atoms with Crippen molar-refractivity contribution < 1.29 is 128 Å². The SMILES string of the molecule is C[C@@H]1CCC2[C@@H](C)[C@@H](OCCNCCO[C@H]3O[C@@H]4O[C@@]5(C)CCC6[C@H](C)CCC([C@H]3C)[C@]64OO5)O[C@@H]3O[C@@]4(C)CCC1[C@@]23OO4.C[C@@H]1CCC2[C@@H](C)[C@@H](OCCO)O[C@@H]3O[C@@]4(C)CCC1[C@@]23OO4.Cc1ccc(S(=O)(=O)Cl)cc1.Cc1ccc(S(=O)(=O)OCCO[C@H]2O[C@@H]3O[C@@]4(C)CCC5[C@H](C)CCC([C@H]2C)[C@]53OO4)cc1.N.[2H]CF. The molecule has 0 radical (unpaired) electrons. The lowest BCUT2D eigenvalue weighted by molar-refractivity contribution is -0.577. The van der Waals surface area contributed by atoms with Gasteiger partial charge in [0.15, 0.2) is 72.7 Å². The minimum Gasteiger partial charge on any atom is -0.394 e. The normalized spacial score (nSPS) is 46.7. The van der Waals surface area contributed by atoms with Crippen molar-refractivity contribution in [1.82, 2.24) is 11.5 Å². The number of nitrogens with one attached hydrogen (secondary N) is 1. The lowest BCUT2D eigenvalue weighted by Crippen LogP contribution is -2.70. The van der Waals surface area contributed by atoms with E-state index in [1.165, 1.54) is 31.4 Å². The van der Waals surface area contributed by atoms with Crippen LogP contribution in [-0.4, -0.2) is 178 Å². The molecular weight excluding hydrogens is 1560 g/mol. The first-order valence-corrected chi connectivity index (χ1v) is 45.8. The second-order valence-electron chi connectivity index (χ2n) is 36.4. The minimum absolute atomic E-state index is 0. The first-order valence-electron chi connectivity index (χ1n) is 42.8. The van der Waals surface area contributed by atoms with Crippen LogP contribution >= 0.6 is 10.7 Å². The van der Waals surface area contributed by atoms with Gasteiger partial charge in [0.1, 0.15) is 0 Å². The summed E-state index contributed by atoms with van der Waals surface area (Å²) in [6.45, 7) is 32.1. The van der Waals surface area contributed by atoms with Crippen LogP contribution in [0.2, 0.25) is 0 Å². The zero-order valence-corrected chi connectivity index (χ0v) is 72.0. The van der Waals surface area contributed by atoms with E-state index in [0.29, 0.717) is 67.7 Å². The van der Waals surface area contributed by atoms with Gasteiger partial charge in [0, 0.05) is 96.8 Å². The summed E-state index contributed by atoms with van der Waals surface area (Å²) in [6.07, 6.45) is 12.4. The monoisotopic (exact) mass is 1690 g/mol. The predicted octanol–water partition coefficient (Wildman–Crippen LogP) is 13.8. The molecule has 32 atom stereocenters. The van der Waals surface area contributed by atoms with Crippen LogP contribution in [0.5, 0.6) is 0 Å². The second kappa shape index (κ2) is 35.7. The molecule has 22 rings (SSSR count). The van der Waals surface area contributed by atoms with Gasteiger partial charge in [-0.1, -0.05) is 90.8 Å². The van der Waals surface area contributed by atoms with E-state index in [1.54, 1.807) is 36.4 Å². The lowest BCUT2D eigenvalue weighted by atomic mass is 9.58. The number of aliphatic hydroxyl groups excluding tert-OH is 1. The van der Waals surface area contributed by atoms with E-state index < -0.39 is 103 Å². The Balaban J connectivity index is 0.000000144. The molecule has 32 heteroatoms. The Morgan fingerprint density at radius 2 is 0.704 bits per heavy atom. The molecule has 4 saturated carbocycles. The van der Waals surface area contributed by atoms with Crippen LogP contribution in [0.3, 0.4) is 0 Å². The molecule has 8 bridgehead atoms. The first-order chi connectivity index (χ1) is 54.6. The van der Waals surface area contributed by atoms with Crippen LogP contribution in [0.25, 0.3) is 0 Å². The minimum atomic E-state index is -3.84. The number of benzene rings is 2. The molecule has 115 heavy (non-hydrogen) atoms. The summed E-state index contributed by atoms with van der Waals surface area (Å²) >= 11 is 0. The maximum atomic E-state index is 12.4. The number of halogens is 2. The topological polar surface area (TPSA) is 329 Å². The third-order valence-corrected chi connectivity index (χ3v) is 31.8. The van der Waals surface area contributed by atoms with Crippen LogP contribution < -0.4 is 11.5 Å². The smallest absolute Gasteiger partial charge is 0.297 e. The largest absolute Gasteiger partial charge is 0.394 e. The summed E-state index contributed by atoms with van der Waals surface area (Å²) in [7, 11) is -3.30. The Hall–Kier alpha value is -2.40. The summed E-state index contributed by atoms with van der Waals surface area (Å²) in [6, 6.07) is 12.9. The van der Waals surface area contributed by atoms with Gasteiger partial charge < -0.3 is 73.4 Å². The van der Waals surface area contributed by atoms with Crippen molar-refractivity contribution >= 4 is 29.9 Å². The quantitative estimate of drug-likeness (QED) is 0.0540. The van der Waals surface area contributed by atoms with Gasteiger partial charge in [-0.25, -0.2) is 47.5 Å². The van der Waals surface area contributed by atoms with Crippen LogP contribution in [0.1, 0.15) is 198 Å². The van der Waals surface area contributed by atoms with Crippen molar-refractivity contribution in [3.63, 3.8) is 0 Å². The van der Waals surface area contributed by atoms with E-state index in [0.717, 1.165) is 94.6 Å². The maximum Gasteiger partial charge on any atom is 0.297 e. The van der Waals surface area contributed by atoms with Crippen LogP contribution in [0.15, 0.2) is 58.3 Å². The van der Waals surface area contributed by atoms with Gasteiger partial charge in [-0.15, -0.1) is 0 Å². The summed E-state index contributed by atoms with van der Waals surface area (Å²) in [5, 5.41) is 12.5. The number of ether oxygens (including phenoxy) is 12. The number of rotatable bonds is 18. The molecule has 5 N–H and O–H groups in total. The first kappa shape index (κ1) is 88.9. The Morgan fingerprint density at radius 3 is 0.991 bits per heavy atom. The molecule has 2 aromatic carbocycles. The average Bonchev–Trinajstić information content (AvgIpc) is 1.43. The number of alkyl halides is 1. The third kappa shape index (κ3) is 17.1. The highest BCUT2D eigenvalue weighted by Crippen LogP contribution is 2.66. The molecule has 2 aromatic rings. The Bertz CT molecular complexity index is 3740. The summed E-state index contributed by atoms with van der Waals surface area (Å²) in [5.74, 6) is 1.86. The van der Waals surface area contributed by atoms with Crippen molar-refractivity contribution in [1.29, 1.82) is 0 Å². The Labute approximate surface area is 685 Å².